The molecule has 2 atom stereocenters. The van der Waals surface area contributed by atoms with Crippen molar-refractivity contribution in [3.8, 4) is 0 Å². The molecular weight excluding hydrogens is 154 g/mol. The van der Waals surface area contributed by atoms with Gasteiger partial charge < -0.3 is 5.11 Å². The van der Waals surface area contributed by atoms with Crippen LogP contribution in [0.5, 0.6) is 0 Å². The number of carbonyl (C=O) groups is 1. The number of rotatable bonds is 4. The van der Waals surface area contributed by atoms with E-state index in [0.717, 1.165) is 19.5 Å². The molecule has 1 aliphatic rings. The standard InChI is InChI=1S/C9H17NO2/c1-4-9(2,3)6-10-5-7(10)8(11)12/h7H,4-6H2,1-3H3,(H,11,12). The Hall–Kier alpha value is -0.570. The molecule has 3 heteroatoms. The van der Waals surface area contributed by atoms with Gasteiger partial charge in [0.15, 0.2) is 0 Å². The first-order valence-electron chi connectivity index (χ1n) is 4.43. The van der Waals surface area contributed by atoms with E-state index < -0.39 is 5.97 Å². The molecule has 70 valence electrons. The molecule has 0 aliphatic carbocycles. The van der Waals surface area contributed by atoms with E-state index in [-0.39, 0.29) is 11.5 Å². The van der Waals surface area contributed by atoms with Crippen LogP contribution in [0.15, 0.2) is 0 Å². The van der Waals surface area contributed by atoms with Gasteiger partial charge in [0.1, 0.15) is 6.04 Å². The van der Waals surface area contributed by atoms with Gasteiger partial charge in [-0.3, -0.25) is 9.69 Å². The fraction of sp³-hybridized carbons (Fsp3) is 0.889. The monoisotopic (exact) mass is 171 g/mol. The van der Waals surface area contributed by atoms with Crippen molar-refractivity contribution in [1.82, 2.24) is 4.90 Å². The van der Waals surface area contributed by atoms with Crippen LogP contribution >= 0.6 is 0 Å². The SMILES string of the molecule is CCC(C)(C)CN1CC1C(=O)O. The van der Waals surface area contributed by atoms with Crippen LogP contribution in [0.3, 0.4) is 0 Å². The molecule has 1 rings (SSSR count). The summed E-state index contributed by atoms with van der Waals surface area (Å²) in [6, 6.07) is -0.198. The van der Waals surface area contributed by atoms with Crippen molar-refractivity contribution in [3.63, 3.8) is 0 Å². The lowest BCUT2D eigenvalue weighted by atomic mass is 9.90. The Morgan fingerprint density at radius 2 is 2.25 bits per heavy atom. The van der Waals surface area contributed by atoms with E-state index in [1.807, 2.05) is 4.90 Å². The van der Waals surface area contributed by atoms with Crippen LogP contribution in [-0.2, 0) is 4.79 Å². The predicted molar refractivity (Wildman–Crippen MR) is 47.1 cm³/mol. The van der Waals surface area contributed by atoms with Crippen LogP contribution in [0.2, 0.25) is 0 Å². The highest BCUT2D eigenvalue weighted by Gasteiger charge is 2.42. The van der Waals surface area contributed by atoms with Crippen LogP contribution in [-0.4, -0.2) is 35.1 Å². The van der Waals surface area contributed by atoms with E-state index in [9.17, 15) is 4.79 Å². The topological polar surface area (TPSA) is 40.3 Å². The first-order chi connectivity index (χ1) is 5.46. The summed E-state index contributed by atoms with van der Waals surface area (Å²) < 4.78 is 0. The maximum Gasteiger partial charge on any atom is 0.322 e. The van der Waals surface area contributed by atoms with E-state index >= 15 is 0 Å². The number of carboxylic acids is 1. The van der Waals surface area contributed by atoms with Crippen molar-refractivity contribution in [2.75, 3.05) is 13.1 Å². The molecule has 0 aromatic rings. The van der Waals surface area contributed by atoms with Crippen LogP contribution < -0.4 is 0 Å². The van der Waals surface area contributed by atoms with Gasteiger partial charge in [0.05, 0.1) is 0 Å². The highest BCUT2D eigenvalue weighted by molar-refractivity contribution is 5.76. The maximum absolute atomic E-state index is 10.5. The van der Waals surface area contributed by atoms with Gasteiger partial charge in [-0.15, -0.1) is 0 Å². The number of carboxylic acid groups (broad SMARTS) is 1. The average molecular weight is 171 g/mol. The van der Waals surface area contributed by atoms with Crippen LogP contribution in [0.4, 0.5) is 0 Å². The summed E-state index contributed by atoms with van der Waals surface area (Å²) in [6.07, 6.45) is 1.09. The molecule has 0 saturated carbocycles. The van der Waals surface area contributed by atoms with Gasteiger partial charge in [0, 0.05) is 13.1 Å². The fourth-order valence-electron chi connectivity index (χ4n) is 1.25. The van der Waals surface area contributed by atoms with Gasteiger partial charge in [0.25, 0.3) is 0 Å². The molecule has 0 bridgehead atoms. The van der Waals surface area contributed by atoms with E-state index in [0.29, 0.717) is 0 Å². The molecule has 0 aromatic heterocycles. The second kappa shape index (κ2) is 3.05. The number of nitrogens with zero attached hydrogens (tertiary/aromatic N) is 1. The third-order valence-electron chi connectivity index (χ3n) is 2.59. The van der Waals surface area contributed by atoms with E-state index in [2.05, 4.69) is 20.8 Å². The molecule has 1 heterocycles. The zero-order valence-electron chi connectivity index (χ0n) is 8.00. The van der Waals surface area contributed by atoms with Gasteiger partial charge in [-0.05, 0) is 11.8 Å². The summed E-state index contributed by atoms with van der Waals surface area (Å²) in [4.78, 5) is 12.5. The maximum atomic E-state index is 10.5. The van der Waals surface area contributed by atoms with Crippen molar-refractivity contribution >= 4 is 5.97 Å². The minimum atomic E-state index is -0.679. The molecule has 12 heavy (non-hydrogen) atoms. The minimum Gasteiger partial charge on any atom is -0.480 e. The molecule has 1 saturated heterocycles. The quantitative estimate of drug-likeness (QED) is 0.646. The fourth-order valence-corrected chi connectivity index (χ4v) is 1.25. The van der Waals surface area contributed by atoms with Crippen LogP contribution in [0, 0.1) is 5.41 Å². The summed E-state index contributed by atoms with van der Waals surface area (Å²) in [7, 11) is 0. The molecular formula is C9H17NO2. The number of hydrogen-bond acceptors (Lipinski definition) is 2. The normalized spacial score (nSPS) is 28.6. The molecule has 1 fully saturated rings. The largest absolute Gasteiger partial charge is 0.480 e. The second-order valence-corrected chi connectivity index (χ2v) is 4.30. The molecule has 0 aromatic carbocycles. The van der Waals surface area contributed by atoms with Gasteiger partial charge >= 0.3 is 5.97 Å². The Bertz CT molecular complexity index is 189. The summed E-state index contributed by atoms with van der Waals surface area (Å²) in [5, 5.41) is 8.65. The Labute approximate surface area is 73.4 Å². The third kappa shape index (κ3) is 2.21. The Kier molecular flexibility index (Phi) is 2.42. The van der Waals surface area contributed by atoms with Crippen molar-refractivity contribution in [1.29, 1.82) is 0 Å². The van der Waals surface area contributed by atoms with Crippen LogP contribution in [0.25, 0.3) is 0 Å². The molecule has 3 nitrogen and oxygen atoms in total. The van der Waals surface area contributed by atoms with Crippen molar-refractivity contribution in [3.05, 3.63) is 0 Å². The summed E-state index contributed by atoms with van der Waals surface area (Å²) in [6.45, 7) is 8.12. The van der Waals surface area contributed by atoms with Crippen molar-refractivity contribution in [2.24, 2.45) is 5.41 Å². The lowest BCUT2D eigenvalue weighted by molar-refractivity contribution is -0.137. The zero-order chi connectivity index (χ0) is 9.35. The summed E-state index contributed by atoms with van der Waals surface area (Å²) >= 11 is 0. The highest BCUT2D eigenvalue weighted by Crippen LogP contribution is 2.28. The lowest BCUT2D eigenvalue weighted by Gasteiger charge is -2.22. The first-order valence-corrected chi connectivity index (χ1v) is 4.43. The Balaban J connectivity index is 2.32. The summed E-state index contributed by atoms with van der Waals surface area (Å²) in [5.74, 6) is -0.679. The molecule has 0 spiro atoms. The van der Waals surface area contributed by atoms with E-state index in [1.165, 1.54) is 0 Å². The summed E-state index contributed by atoms with van der Waals surface area (Å²) in [5.41, 5.74) is 0.254. The smallest absolute Gasteiger partial charge is 0.322 e. The van der Waals surface area contributed by atoms with Crippen LogP contribution in [0.1, 0.15) is 27.2 Å². The Morgan fingerprint density at radius 3 is 2.58 bits per heavy atom. The predicted octanol–water partition coefficient (Wildman–Crippen LogP) is 1.19. The molecule has 0 radical (unpaired) electrons. The number of hydrogen-bond donors (Lipinski definition) is 1. The van der Waals surface area contributed by atoms with E-state index in [1.54, 1.807) is 0 Å². The first kappa shape index (κ1) is 9.52. The molecule has 0 amide bonds. The van der Waals surface area contributed by atoms with Crippen molar-refractivity contribution in [2.45, 2.75) is 33.2 Å². The van der Waals surface area contributed by atoms with Gasteiger partial charge in [-0.2, -0.15) is 0 Å². The number of aliphatic carboxylic acids is 1. The zero-order valence-corrected chi connectivity index (χ0v) is 8.00. The lowest BCUT2D eigenvalue weighted by Crippen LogP contribution is -2.24. The van der Waals surface area contributed by atoms with Gasteiger partial charge in [-0.25, -0.2) is 0 Å². The Morgan fingerprint density at radius 1 is 1.67 bits per heavy atom. The molecule has 1 aliphatic heterocycles. The van der Waals surface area contributed by atoms with Gasteiger partial charge in [0.2, 0.25) is 0 Å². The molecule has 2 unspecified atom stereocenters. The highest BCUT2D eigenvalue weighted by atomic mass is 16.4. The minimum absolute atomic E-state index is 0.198. The average Bonchev–Trinajstić information content (AvgIpc) is 2.67. The van der Waals surface area contributed by atoms with Crippen molar-refractivity contribution < 1.29 is 9.90 Å². The van der Waals surface area contributed by atoms with Gasteiger partial charge in [-0.1, -0.05) is 20.8 Å². The molecule has 1 N–H and O–H groups in total. The van der Waals surface area contributed by atoms with E-state index in [4.69, 9.17) is 5.11 Å². The second-order valence-electron chi connectivity index (χ2n) is 4.30. The third-order valence-corrected chi connectivity index (χ3v) is 2.59.